The predicted octanol–water partition coefficient (Wildman–Crippen LogP) is 1.29. The van der Waals surface area contributed by atoms with Crippen LogP contribution in [-0.4, -0.2) is 50.4 Å². The third-order valence-corrected chi connectivity index (χ3v) is 2.61. The highest BCUT2D eigenvalue weighted by Crippen LogP contribution is 2.07. The number of nitrogens with one attached hydrogen (secondary N) is 2. The topological polar surface area (TPSA) is 72.0 Å². The van der Waals surface area contributed by atoms with Crippen molar-refractivity contribution in [2.45, 2.75) is 45.3 Å². The number of guanidine groups is 1. The summed E-state index contributed by atoms with van der Waals surface area (Å²) in [5.74, 6) is 0.334. The number of nitrogens with zero attached hydrogens (tertiary/aromatic N) is 1. The molecule has 2 N–H and O–H groups in total. The largest absolute Gasteiger partial charge is 0.459 e. The summed E-state index contributed by atoms with van der Waals surface area (Å²) in [5, 5.41) is 6.24. The van der Waals surface area contributed by atoms with E-state index < -0.39 is 5.60 Å². The highest BCUT2D eigenvalue weighted by molar-refractivity contribution is 14.0. The number of rotatable bonds is 3. The first-order valence-corrected chi connectivity index (χ1v) is 6.67. The van der Waals surface area contributed by atoms with E-state index in [-0.39, 0.29) is 36.5 Å². The molecule has 1 fully saturated rings. The lowest BCUT2D eigenvalue weighted by atomic mass is 10.1. The Kier molecular flexibility index (Phi) is 9.11. The monoisotopic (exact) mass is 399 g/mol. The van der Waals surface area contributed by atoms with Crippen LogP contribution in [0.2, 0.25) is 0 Å². The van der Waals surface area contributed by atoms with Gasteiger partial charge in [0.1, 0.15) is 12.1 Å². The molecule has 0 aromatic carbocycles. The number of carbonyl (C=O) groups excluding carboxylic acids is 1. The van der Waals surface area contributed by atoms with E-state index in [1.165, 1.54) is 0 Å². The minimum Gasteiger partial charge on any atom is -0.459 e. The third kappa shape index (κ3) is 8.57. The minimum atomic E-state index is -0.462. The van der Waals surface area contributed by atoms with Crippen LogP contribution in [0.5, 0.6) is 0 Å². The first-order chi connectivity index (χ1) is 8.90. The molecule has 1 rings (SSSR count). The van der Waals surface area contributed by atoms with E-state index in [1.54, 1.807) is 7.05 Å². The SMILES string of the molecule is CN=C(NCC(=O)OC(C)(C)C)NC1CCOCC1.I. The van der Waals surface area contributed by atoms with Gasteiger partial charge in [0.05, 0.1) is 0 Å². The summed E-state index contributed by atoms with van der Waals surface area (Å²) >= 11 is 0. The summed E-state index contributed by atoms with van der Waals surface area (Å²) in [6.07, 6.45) is 1.90. The van der Waals surface area contributed by atoms with Crippen molar-refractivity contribution in [1.82, 2.24) is 10.6 Å². The van der Waals surface area contributed by atoms with Gasteiger partial charge in [0.25, 0.3) is 0 Å². The molecule has 1 aliphatic rings. The fraction of sp³-hybridized carbons (Fsp3) is 0.846. The Morgan fingerprint density at radius 3 is 2.45 bits per heavy atom. The van der Waals surface area contributed by atoms with Gasteiger partial charge in [-0.2, -0.15) is 0 Å². The van der Waals surface area contributed by atoms with E-state index in [0.29, 0.717) is 12.0 Å². The van der Waals surface area contributed by atoms with Crippen LogP contribution in [-0.2, 0) is 14.3 Å². The van der Waals surface area contributed by atoms with Gasteiger partial charge in [0, 0.05) is 26.3 Å². The van der Waals surface area contributed by atoms with Crippen molar-refractivity contribution >= 4 is 35.9 Å². The second-order valence-corrected chi connectivity index (χ2v) is 5.54. The van der Waals surface area contributed by atoms with Crippen molar-refractivity contribution in [1.29, 1.82) is 0 Å². The number of aliphatic imine (C=N–C) groups is 1. The van der Waals surface area contributed by atoms with Crippen molar-refractivity contribution in [2.24, 2.45) is 4.99 Å². The first kappa shape index (κ1) is 19.4. The molecule has 1 saturated heterocycles. The highest BCUT2D eigenvalue weighted by Gasteiger charge is 2.18. The van der Waals surface area contributed by atoms with Crippen LogP contribution in [0, 0.1) is 0 Å². The predicted molar refractivity (Wildman–Crippen MR) is 89.6 cm³/mol. The number of hydrogen-bond donors (Lipinski definition) is 2. The van der Waals surface area contributed by atoms with Crippen LogP contribution in [0.25, 0.3) is 0 Å². The average molecular weight is 399 g/mol. The second kappa shape index (κ2) is 9.38. The number of hydrogen-bond acceptors (Lipinski definition) is 4. The highest BCUT2D eigenvalue weighted by atomic mass is 127. The van der Waals surface area contributed by atoms with Crippen LogP contribution >= 0.6 is 24.0 Å². The van der Waals surface area contributed by atoms with Gasteiger partial charge >= 0.3 is 5.97 Å². The Morgan fingerprint density at radius 1 is 1.35 bits per heavy atom. The van der Waals surface area contributed by atoms with Crippen LogP contribution in [0.4, 0.5) is 0 Å². The van der Waals surface area contributed by atoms with E-state index in [2.05, 4.69) is 15.6 Å². The van der Waals surface area contributed by atoms with E-state index in [9.17, 15) is 4.79 Å². The van der Waals surface area contributed by atoms with Gasteiger partial charge in [-0.05, 0) is 33.6 Å². The van der Waals surface area contributed by atoms with Gasteiger partial charge < -0.3 is 20.1 Å². The first-order valence-electron chi connectivity index (χ1n) is 6.67. The second-order valence-electron chi connectivity index (χ2n) is 5.54. The molecule has 0 aromatic rings. The molecule has 0 amide bonds. The molecular formula is C13H26IN3O3. The normalized spacial score (nSPS) is 17.1. The van der Waals surface area contributed by atoms with Crippen LogP contribution in [0.15, 0.2) is 4.99 Å². The summed E-state index contributed by atoms with van der Waals surface area (Å²) in [4.78, 5) is 15.7. The molecule has 0 aromatic heterocycles. The molecule has 0 spiro atoms. The van der Waals surface area contributed by atoms with Crippen molar-refractivity contribution in [3.8, 4) is 0 Å². The van der Waals surface area contributed by atoms with Gasteiger partial charge in [0.2, 0.25) is 0 Å². The Balaban J connectivity index is 0.00000361. The number of ether oxygens (including phenoxy) is 2. The van der Waals surface area contributed by atoms with Crippen LogP contribution in [0.1, 0.15) is 33.6 Å². The van der Waals surface area contributed by atoms with Crippen molar-refractivity contribution in [2.75, 3.05) is 26.8 Å². The molecule has 1 aliphatic heterocycles. The molecule has 6 nitrogen and oxygen atoms in total. The summed E-state index contributed by atoms with van der Waals surface area (Å²) in [6, 6.07) is 0.346. The maximum Gasteiger partial charge on any atom is 0.325 e. The van der Waals surface area contributed by atoms with Crippen molar-refractivity contribution < 1.29 is 14.3 Å². The molecule has 0 radical (unpaired) electrons. The Bertz CT molecular complexity index is 323. The molecule has 0 aliphatic carbocycles. The van der Waals surface area contributed by atoms with Crippen molar-refractivity contribution in [3.63, 3.8) is 0 Å². The standard InChI is InChI=1S/C13H25N3O3.HI/c1-13(2,3)19-11(17)9-15-12(14-4)16-10-5-7-18-8-6-10;/h10H,5-9H2,1-4H3,(H2,14,15,16);1H. The van der Waals surface area contributed by atoms with Crippen LogP contribution < -0.4 is 10.6 Å². The molecule has 1 heterocycles. The van der Waals surface area contributed by atoms with Gasteiger partial charge in [-0.1, -0.05) is 0 Å². The van der Waals surface area contributed by atoms with Crippen LogP contribution in [0.3, 0.4) is 0 Å². The van der Waals surface area contributed by atoms with Gasteiger partial charge in [-0.15, -0.1) is 24.0 Å². The lowest BCUT2D eigenvalue weighted by Crippen LogP contribution is -2.47. The van der Waals surface area contributed by atoms with Gasteiger partial charge in [-0.3, -0.25) is 9.79 Å². The molecule has 118 valence electrons. The van der Waals surface area contributed by atoms with E-state index in [0.717, 1.165) is 26.1 Å². The number of halogens is 1. The fourth-order valence-corrected chi connectivity index (χ4v) is 1.76. The molecule has 20 heavy (non-hydrogen) atoms. The number of esters is 1. The maximum atomic E-state index is 11.6. The molecule has 0 unspecified atom stereocenters. The van der Waals surface area contributed by atoms with E-state index in [4.69, 9.17) is 9.47 Å². The third-order valence-electron chi connectivity index (χ3n) is 2.61. The number of carbonyl (C=O) groups is 1. The summed E-state index contributed by atoms with van der Waals surface area (Å²) in [5.41, 5.74) is -0.462. The van der Waals surface area contributed by atoms with Gasteiger partial charge in [-0.25, -0.2) is 0 Å². The molecule has 0 saturated carbocycles. The zero-order valence-electron chi connectivity index (χ0n) is 12.7. The zero-order valence-corrected chi connectivity index (χ0v) is 15.0. The Labute approximate surface area is 138 Å². The Morgan fingerprint density at radius 2 is 1.95 bits per heavy atom. The van der Waals surface area contributed by atoms with E-state index >= 15 is 0 Å². The molecule has 7 heteroatoms. The quantitative estimate of drug-likeness (QED) is 0.324. The summed E-state index contributed by atoms with van der Waals surface area (Å²) < 4.78 is 10.5. The van der Waals surface area contributed by atoms with Crippen molar-refractivity contribution in [3.05, 3.63) is 0 Å². The molecule has 0 bridgehead atoms. The summed E-state index contributed by atoms with van der Waals surface area (Å²) in [7, 11) is 1.68. The Hall–Kier alpha value is -0.570. The lowest BCUT2D eigenvalue weighted by Gasteiger charge is -2.25. The van der Waals surface area contributed by atoms with E-state index in [1.807, 2.05) is 20.8 Å². The smallest absolute Gasteiger partial charge is 0.325 e. The average Bonchev–Trinajstić information content (AvgIpc) is 2.33. The van der Waals surface area contributed by atoms with Gasteiger partial charge in [0.15, 0.2) is 5.96 Å². The fourth-order valence-electron chi connectivity index (χ4n) is 1.76. The molecular weight excluding hydrogens is 373 g/mol. The maximum absolute atomic E-state index is 11.6. The lowest BCUT2D eigenvalue weighted by molar-refractivity contribution is -0.153. The summed E-state index contributed by atoms with van der Waals surface area (Å²) in [6.45, 7) is 7.18. The zero-order chi connectivity index (χ0) is 14.3. The minimum absolute atomic E-state index is 0. The molecule has 0 atom stereocenters.